The highest BCUT2D eigenvalue weighted by atomic mass is 16.4. The lowest BCUT2D eigenvalue weighted by molar-refractivity contribution is -0.143. The van der Waals surface area contributed by atoms with Crippen molar-refractivity contribution >= 4 is 93.8 Å². The summed E-state index contributed by atoms with van der Waals surface area (Å²) in [6.07, 6.45) is 0.552. The number of carboxylic acids is 2. The van der Waals surface area contributed by atoms with E-state index in [4.69, 9.17) is 40.1 Å². The van der Waals surface area contributed by atoms with Gasteiger partial charge in [0.05, 0.1) is 12.6 Å². The first kappa shape index (κ1) is 76.5. The van der Waals surface area contributed by atoms with E-state index in [0.29, 0.717) is 73.5 Å². The van der Waals surface area contributed by atoms with Gasteiger partial charge in [-0.25, -0.2) is 4.79 Å². The zero-order valence-corrected chi connectivity index (χ0v) is 52.2. The predicted molar refractivity (Wildman–Crippen MR) is 340 cm³/mol. The Labute approximate surface area is 541 Å². The molecule has 26 N–H and O–H groups in total. The number of hydrogen-bond acceptors (Lipinski definition) is 18. The lowest BCUT2D eigenvalue weighted by atomic mass is 10.0. The third kappa shape index (κ3) is 26.3. The second-order valence-corrected chi connectivity index (χ2v) is 22.7. The Morgan fingerprint density at radius 2 is 1.06 bits per heavy atom. The highest BCUT2D eigenvalue weighted by Gasteiger charge is 2.38. The zero-order valence-electron chi connectivity index (χ0n) is 52.2. The van der Waals surface area contributed by atoms with Crippen LogP contribution in [-0.2, 0) is 75.2 Å². The Bertz CT molecular complexity index is 3140. The average Bonchev–Trinajstić information content (AvgIpc) is 1.64. The van der Waals surface area contributed by atoms with Crippen LogP contribution < -0.4 is 82.7 Å². The van der Waals surface area contributed by atoms with Crippen LogP contribution in [0.15, 0.2) is 59.7 Å². The minimum atomic E-state index is -1.81. The van der Waals surface area contributed by atoms with Crippen molar-refractivity contribution in [2.45, 2.75) is 170 Å². The number of nitrogens with zero attached hydrogens (tertiary/aromatic N) is 2. The number of hydrogen-bond donors (Lipinski definition) is 19. The molecule has 0 spiro atoms. The van der Waals surface area contributed by atoms with Crippen LogP contribution in [0.1, 0.15) is 114 Å². The zero-order chi connectivity index (χ0) is 69.4. The second-order valence-electron chi connectivity index (χ2n) is 22.7. The molecule has 516 valence electrons. The number of benzene rings is 2. The number of carboxylic acid groups (broad SMARTS) is 2. The summed E-state index contributed by atoms with van der Waals surface area (Å²) >= 11 is 0. The second kappa shape index (κ2) is 39.4. The number of fused-ring (bicyclic) bond motifs is 1. The third-order valence-electron chi connectivity index (χ3n) is 15.4. The van der Waals surface area contributed by atoms with Crippen molar-refractivity contribution in [3.63, 3.8) is 0 Å². The first-order chi connectivity index (χ1) is 44.7. The Kier molecular flexibility index (Phi) is 32.1. The predicted octanol–water partition coefficient (Wildman–Crippen LogP) is -4.72. The summed E-state index contributed by atoms with van der Waals surface area (Å²) in [5, 5.41) is 50.5. The Hall–Kier alpha value is -9.96. The van der Waals surface area contributed by atoms with E-state index in [-0.39, 0.29) is 63.4 Å². The number of aliphatic imine (C=N–C) groups is 1. The van der Waals surface area contributed by atoms with Gasteiger partial charge in [0, 0.05) is 62.3 Å². The maximum atomic E-state index is 15.0. The lowest BCUT2D eigenvalue weighted by Gasteiger charge is -2.28. The van der Waals surface area contributed by atoms with E-state index in [9.17, 15) is 72.9 Å². The fraction of sp³-hybridized carbons (Fsp3) is 0.533. The van der Waals surface area contributed by atoms with E-state index in [1.54, 1.807) is 30.5 Å². The fourth-order valence-electron chi connectivity index (χ4n) is 10.3. The third-order valence-corrected chi connectivity index (χ3v) is 15.4. The fourth-order valence-corrected chi connectivity index (χ4v) is 10.3. The number of aromatic hydroxyl groups is 1. The van der Waals surface area contributed by atoms with Gasteiger partial charge in [0.25, 0.3) is 0 Å². The van der Waals surface area contributed by atoms with Crippen molar-refractivity contribution in [3.05, 3.63) is 65.9 Å². The van der Waals surface area contributed by atoms with Gasteiger partial charge in [-0.1, -0.05) is 36.8 Å². The molecule has 9 atom stereocenters. The number of aliphatic carboxylic acids is 2. The summed E-state index contributed by atoms with van der Waals surface area (Å²) in [6.45, 7) is 0.206. The van der Waals surface area contributed by atoms with E-state index < -0.39 is 176 Å². The average molecular weight is 1320 g/mol. The van der Waals surface area contributed by atoms with Crippen LogP contribution in [0.2, 0.25) is 0 Å². The number of nitrogens with one attached hydrogen (secondary N) is 9. The van der Waals surface area contributed by atoms with Crippen molar-refractivity contribution in [2.75, 3.05) is 32.7 Å². The molecule has 34 nitrogen and oxygen atoms in total. The van der Waals surface area contributed by atoms with E-state index in [2.05, 4.69) is 52.5 Å². The highest BCUT2D eigenvalue weighted by molar-refractivity contribution is 5.99. The number of amides is 11. The van der Waals surface area contributed by atoms with Gasteiger partial charge in [-0.2, -0.15) is 0 Å². The van der Waals surface area contributed by atoms with Gasteiger partial charge in [-0.05, 0) is 119 Å². The normalized spacial score (nSPS) is 15.2. The molecular formula is C60H90N18O16. The minimum absolute atomic E-state index is 0.000338. The van der Waals surface area contributed by atoms with Crippen LogP contribution in [0.25, 0.3) is 10.9 Å². The summed E-state index contributed by atoms with van der Waals surface area (Å²) < 4.78 is 0. The number of rotatable bonds is 43. The maximum Gasteiger partial charge on any atom is 0.326 e. The first-order valence-corrected chi connectivity index (χ1v) is 31.0. The molecule has 1 saturated heterocycles. The van der Waals surface area contributed by atoms with Gasteiger partial charge in [0.2, 0.25) is 65.0 Å². The molecule has 11 amide bonds. The lowest BCUT2D eigenvalue weighted by Crippen LogP contribution is -2.60. The number of unbranched alkanes of at least 4 members (excludes halogenated alkanes) is 2. The van der Waals surface area contributed by atoms with Crippen LogP contribution in [0.3, 0.4) is 0 Å². The monoisotopic (exact) mass is 1320 g/mol. The number of H-pyrrole nitrogens is 1. The maximum absolute atomic E-state index is 15.0. The first-order valence-electron chi connectivity index (χ1n) is 31.0. The molecule has 0 radical (unpaired) electrons. The molecule has 4 rings (SSSR count). The Morgan fingerprint density at radius 1 is 0.574 bits per heavy atom. The largest absolute Gasteiger partial charge is 0.508 e. The van der Waals surface area contributed by atoms with Crippen LogP contribution >= 0.6 is 0 Å². The van der Waals surface area contributed by atoms with Crippen molar-refractivity contribution < 1.29 is 77.6 Å². The van der Waals surface area contributed by atoms with E-state index >= 15 is 4.79 Å². The van der Waals surface area contributed by atoms with Crippen molar-refractivity contribution in [1.82, 2.24) is 52.4 Å². The summed E-state index contributed by atoms with van der Waals surface area (Å²) in [4.78, 5) is 183. The summed E-state index contributed by atoms with van der Waals surface area (Å²) in [5.41, 5.74) is 40.6. The topological polar surface area (TPSA) is 592 Å². The number of likely N-dealkylation sites (tertiary alicyclic amines) is 1. The molecule has 34 heteroatoms. The van der Waals surface area contributed by atoms with Crippen LogP contribution in [-0.4, -0.2) is 195 Å². The van der Waals surface area contributed by atoms with E-state index in [0.717, 1.165) is 0 Å². The molecule has 94 heavy (non-hydrogen) atoms. The number of para-hydroxylation sites is 1. The number of nitrogens with two attached hydrogens (primary N) is 7. The van der Waals surface area contributed by atoms with E-state index in [1.807, 2.05) is 0 Å². The molecular weight excluding hydrogens is 1230 g/mol. The molecule has 1 aliphatic heterocycles. The van der Waals surface area contributed by atoms with Gasteiger partial charge in [-0.15, -0.1) is 0 Å². The molecule has 2 heterocycles. The van der Waals surface area contributed by atoms with Crippen LogP contribution in [0, 0.1) is 0 Å². The van der Waals surface area contributed by atoms with Gasteiger partial charge >= 0.3 is 11.9 Å². The number of primary amides is 2. The molecule has 3 aromatic rings. The highest BCUT2D eigenvalue weighted by Crippen LogP contribution is 2.22. The molecule has 1 aromatic heterocycles. The number of aromatic amines is 1. The summed E-state index contributed by atoms with van der Waals surface area (Å²) in [7, 11) is 0. The van der Waals surface area contributed by atoms with Crippen LogP contribution in [0.5, 0.6) is 5.75 Å². The van der Waals surface area contributed by atoms with Gasteiger partial charge in [-0.3, -0.25) is 62.5 Å². The van der Waals surface area contributed by atoms with Gasteiger partial charge in [0.1, 0.15) is 54.1 Å². The quantitative estimate of drug-likeness (QED) is 0.0144. The Morgan fingerprint density at radius 3 is 1.62 bits per heavy atom. The summed E-state index contributed by atoms with van der Waals surface area (Å²) in [5.74, 6) is -13.5. The number of phenols is 1. The number of phenolic OH excluding ortho intramolecular Hbond substituents is 1. The van der Waals surface area contributed by atoms with Crippen molar-refractivity contribution in [1.29, 1.82) is 0 Å². The molecule has 1 aliphatic rings. The molecule has 0 bridgehead atoms. The van der Waals surface area contributed by atoms with E-state index in [1.165, 1.54) is 29.2 Å². The number of carbonyl (C=O) groups is 13. The number of aromatic nitrogens is 1. The summed E-state index contributed by atoms with van der Waals surface area (Å²) in [6, 6.07) is -0.709. The standard InChI is InChI=1S/C60H90N18O16/c61-25-5-3-10-37(63)58(92)78-28-8-14-46(78)57(91)70-32-49(82)71-39(12-4-6-26-62)51(85)77-45(30-34-31-69-38-11-2-1-9-36(34)38)56(90)76-44(29-33-15-17-35(79)18-16-33)55(89)74-42(21-24-50(83)84)53(87)72-40(13-7-27-68-60(66)67)52(86)73-41(19-22-47(64)80)54(88)75-43(59(93)94)20-23-48(65)81/h1-2,9,11,15-18,31,37,39-46,69,79H,3-8,10,12-14,19-30,32,61-63H2,(H2,64,80)(H2,65,81)(H,70,91)(H,71,82)(H,72,87)(H,73,86)(H,74,89)(H,75,88)(H,76,90)(H,77,85)(H,83,84)(H,93,94)(H4,66,67,68)/t37-,39-,40-,41-,42-,43-,44-,45-,46-/m0/s1. The minimum Gasteiger partial charge on any atom is -0.508 e. The van der Waals surface area contributed by atoms with Crippen molar-refractivity contribution in [2.24, 2.45) is 45.1 Å². The molecule has 0 unspecified atom stereocenters. The molecule has 1 fully saturated rings. The molecule has 2 aromatic carbocycles. The SMILES string of the molecule is NCCCC[C@H](NC(=O)CNC(=O)[C@@H]1CCCN1C(=O)[C@@H](N)CCCCN)C(=O)N[C@@H](Cc1c[nH]c2ccccc12)C(=O)N[C@@H](Cc1ccc(O)cc1)C(=O)N[C@@H](CCC(=O)O)C(=O)N[C@@H](CCCN=C(N)N)C(=O)N[C@@H](CCC(N)=O)C(=O)N[C@@H](CCC(N)=O)C(=O)O. The van der Waals surface area contributed by atoms with Crippen LogP contribution in [0.4, 0.5) is 0 Å². The Balaban J connectivity index is 1.67. The van der Waals surface area contributed by atoms with Gasteiger partial charge in [0.15, 0.2) is 5.96 Å². The number of guanidine groups is 1. The molecule has 0 aliphatic carbocycles. The number of carbonyl (C=O) groups excluding carboxylic acids is 11. The van der Waals surface area contributed by atoms with Crippen molar-refractivity contribution in [3.8, 4) is 5.75 Å². The molecule has 0 saturated carbocycles. The van der Waals surface area contributed by atoms with Gasteiger partial charge < -0.3 is 108 Å². The smallest absolute Gasteiger partial charge is 0.326 e.